The van der Waals surface area contributed by atoms with Crippen molar-refractivity contribution in [3.63, 3.8) is 0 Å². The number of nitrogens with zero attached hydrogens (tertiary/aromatic N) is 1. The van der Waals surface area contributed by atoms with E-state index in [-0.39, 0.29) is 0 Å². The molecule has 30 heavy (non-hydrogen) atoms. The van der Waals surface area contributed by atoms with Gasteiger partial charge in [0, 0.05) is 0 Å². The van der Waals surface area contributed by atoms with Gasteiger partial charge in [-0.3, -0.25) is 0 Å². The van der Waals surface area contributed by atoms with Crippen molar-refractivity contribution in [2.45, 2.75) is 19.0 Å². The molecule has 1 fully saturated rings. The Kier molecular flexibility index (Phi) is 5.05. The van der Waals surface area contributed by atoms with E-state index in [0.29, 0.717) is 12.1 Å². The Morgan fingerprint density at radius 3 is 1.27 bits per heavy atom. The van der Waals surface area contributed by atoms with Crippen LogP contribution in [0.15, 0.2) is 121 Å². The Morgan fingerprint density at radius 2 is 0.900 bits per heavy atom. The van der Waals surface area contributed by atoms with Crippen LogP contribution < -0.4 is 15.9 Å². The van der Waals surface area contributed by atoms with Gasteiger partial charge in [0.05, 0.1) is 0 Å². The van der Waals surface area contributed by atoms with E-state index in [4.69, 9.17) is 0 Å². The summed E-state index contributed by atoms with van der Waals surface area (Å²) in [7, 11) is 0. The van der Waals surface area contributed by atoms with Crippen LogP contribution in [0.4, 0.5) is 0 Å². The van der Waals surface area contributed by atoms with Crippen LogP contribution >= 0.6 is 26.4 Å². The van der Waals surface area contributed by atoms with Gasteiger partial charge in [-0.05, 0) is 0 Å². The number of benzene rings is 4. The fourth-order valence-corrected chi connectivity index (χ4v) is 15.2. The van der Waals surface area contributed by atoms with Gasteiger partial charge in [-0.1, -0.05) is 0 Å². The Bertz CT molecular complexity index is 1030. The summed E-state index contributed by atoms with van der Waals surface area (Å²) in [4.78, 5) is 0. The summed E-state index contributed by atoms with van der Waals surface area (Å²) in [6.07, 6.45) is 0. The SMILES string of the molecule is CC1C(c2ccccc2)N1P(I)(c1ccccc1)(c1ccccc1)c1ccccc1. The van der Waals surface area contributed by atoms with Crippen LogP contribution in [0.2, 0.25) is 0 Å². The monoisotopic (exact) mass is 521 g/mol. The topological polar surface area (TPSA) is 3.01 Å². The molecular weight excluding hydrogens is 496 g/mol. The Hall–Kier alpha value is -2.00. The second kappa shape index (κ2) is 7.60. The second-order valence-electron chi connectivity index (χ2n) is 7.95. The predicted octanol–water partition coefficient (Wildman–Crippen LogP) is 6.23. The molecule has 5 rings (SSSR count). The summed E-state index contributed by atoms with van der Waals surface area (Å²) < 4.78 is -0.111. The van der Waals surface area contributed by atoms with Crippen molar-refractivity contribution in [2.75, 3.05) is 0 Å². The molecule has 4 aromatic carbocycles. The number of rotatable bonds is 5. The molecule has 0 bridgehead atoms. The maximum atomic E-state index is 2.87. The molecule has 0 amide bonds. The molecule has 0 aliphatic carbocycles. The third-order valence-corrected chi connectivity index (χ3v) is 18.0. The number of hydrogen-bond donors (Lipinski definition) is 0. The van der Waals surface area contributed by atoms with Crippen LogP contribution in [0.5, 0.6) is 0 Å². The third-order valence-electron chi connectivity index (χ3n) is 6.33. The Balaban J connectivity index is 1.85. The fraction of sp³-hybridized carbons (Fsp3) is 0.111. The number of hydrogen-bond acceptors (Lipinski definition) is 1. The van der Waals surface area contributed by atoms with E-state index >= 15 is 0 Å². The van der Waals surface area contributed by atoms with Crippen molar-refractivity contribution in [1.29, 1.82) is 0 Å². The van der Waals surface area contributed by atoms with Crippen molar-refractivity contribution in [3.05, 3.63) is 127 Å². The van der Waals surface area contributed by atoms with E-state index in [0.717, 1.165) is 0 Å². The molecule has 1 saturated heterocycles. The van der Waals surface area contributed by atoms with Crippen LogP contribution in [0.3, 0.4) is 0 Å². The molecule has 3 atom stereocenters. The zero-order valence-electron chi connectivity index (χ0n) is 17.0. The fourth-order valence-electron chi connectivity index (χ4n) is 4.94. The molecule has 1 nitrogen and oxygen atoms in total. The van der Waals surface area contributed by atoms with Crippen LogP contribution in [-0.4, -0.2) is 10.7 Å². The van der Waals surface area contributed by atoms with Crippen LogP contribution in [0.25, 0.3) is 0 Å². The van der Waals surface area contributed by atoms with Gasteiger partial charge in [0.25, 0.3) is 0 Å². The maximum absolute atomic E-state index is 2.92. The van der Waals surface area contributed by atoms with E-state index in [1.54, 1.807) is 0 Å². The van der Waals surface area contributed by atoms with E-state index in [1.165, 1.54) is 21.5 Å². The third kappa shape index (κ3) is 2.81. The van der Waals surface area contributed by atoms with Gasteiger partial charge < -0.3 is 0 Å². The Labute approximate surface area is 192 Å². The van der Waals surface area contributed by atoms with E-state index < -0.39 is 4.40 Å². The van der Waals surface area contributed by atoms with Gasteiger partial charge in [0.1, 0.15) is 0 Å². The normalized spacial score (nSPS) is 22.1. The Morgan fingerprint density at radius 1 is 0.567 bits per heavy atom. The van der Waals surface area contributed by atoms with Crippen LogP contribution in [-0.2, 0) is 0 Å². The molecule has 1 heterocycles. The average molecular weight is 521 g/mol. The van der Waals surface area contributed by atoms with Crippen molar-refractivity contribution in [2.24, 2.45) is 0 Å². The molecule has 3 unspecified atom stereocenters. The van der Waals surface area contributed by atoms with Crippen molar-refractivity contribution in [1.82, 2.24) is 4.67 Å². The summed E-state index contributed by atoms with van der Waals surface area (Å²) in [6, 6.07) is 45.3. The molecule has 4 aromatic rings. The molecule has 0 saturated carbocycles. The average Bonchev–Trinajstić information content (AvgIpc) is 3.53. The minimum atomic E-state index is -2.92. The van der Waals surface area contributed by atoms with Crippen LogP contribution in [0.1, 0.15) is 18.5 Å². The minimum absolute atomic E-state index is 0.404. The quantitative estimate of drug-likeness (QED) is 0.171. The predicted molar refractivity (Wildman–Crippen MR) is 140 cm³/mol. The van der Waals surface area contributed by atoms with Gasteiger partial charge in [-0.15, -0.1) is 0 Å². The van der Waals surface area contributed by atoms with Gasteiger partial charge in [-0.25, -0.2) is 0 Å². The van der Waals surface area contributed by atoms with E-state index in [9.17, 15) is 0 Å². The first-order chi connectivity index (χ1) is 14.7. The van der Waals surface area contributed by atoms with E-state index in [1.807, 2.05) is 0 Å². The van der Waals surface area contributed by atoms with Gasteiger partial charge in [0.2, 0.25) is 0 Å². The zero-order valence-corrected chi connectivity index (χ0v) is 20.0. The molecule has 0 radical (unpaired) electrons. The number of halogens is 1. The molecule has 0 aromatic heterocycles. The van der Waals surface area contributed by atoms with Gasteiger partial charge in [-0.2, -0.15) is 0 Å². The standard InChI is InChI=1S/C27H25INP/c1-22-27(23-14-6-2-7-15-23)29(22)30(28,24-16-8-3-9-17-24,25-18-10-4-11-19-25)26-20-12-5-13-21-26/h2-22,27H,1H3. The van der Waals surface area contributed by atoms with E-state index in [2.05, 4.69) is 155 Å². The molecule has 1 aliphatic heterocycles. The molecular formula is C27H25INP. The van der Waals surface area contributed by atoms with Gasteiger partial charge in [0.15, 0.2) is 0 Å². The molecule has 0 spiro atoms. The van der Waals surface area contributed by atoms with Gasteiger partial charge >= 0.3 is 193 Å². The summed E-state index contributed by atoms with van der Waals surface area (Å²) >= 11 is 2.87. The molecule has 0 N–H and O–H groups in total. The zero-order chi connectivity index (χ0) is 20.6. The first kappa shape index (κ1) is 19.9. The summed E-state index contributed by atoms with van der Waals surface area (Å²) in [5, 5.41) is 4.23. The summed E-state index contributed by atoms with van der Waals surface area (Å²) in [6.45, 7) is 2.38. The van der Waals surface area contributed by atoms with Crippen molar-refractivity contribution >= 4 is 42.4 Å². The molecule has 150 valence electrons. The van der Waals surface area contributed by atoms with Crippen LogP contribution in [0, 0.1) is 0 Å². The molecule has 1 aliphatic rings. The first-order valence-electron chi connectivity index (χ1n) is 10.4. The summed E-state index contributed by atoms with van der Waals surface area (Å²) in [5.41, 5.74) is 1.40. The second-order valence-corrected chi connectivity index (χ2v) is 17.5. The van der Waals surface area contributed by atoms with Crippen molar-refractivity contribution < 1.29 is 0 Å². The first-order valence-corrected chi connectivity index (χ1v) is 15.4. The summed E-state index contributed by atoms with van der Waals surface area (Å²) in [5.74, 6) is 0. The molecule has 3 heteroatoms. The van der Waals surface area contributed by atoms with Crippen molar-refractivity contribution in [3.8, 4) is 0 Å².